The monoisotopic (exact) mass is 252 g/mol. The van der Waals surface area contributed by atoms with Crippen molar-refractivity contribution < 1.29 is 5.11 Å². The van der Waals surface area contributed by atoms with E-state index in [9.17, 15) is 5.11 Å². The van der Waals surface area contributed by atoms with Crippen LogP contribution >= 0.6 is 0 Å². The molecule has 0 amide bonds. The van der Waals surface area contributed by atoms with E-state index >= 15 is 0 Å². The maximum absolute atomic E-state index is 11.9. The van der Waals surface area contributed by atoms with Gasteiger partial charge in [0.15, 0.2) is 0 Å². The van der Waals surface area contributed by atoms with Gasteiger partial charge in [-0.25, -0.2) is 0 Å². The van der Waals surface area contributed by atoms with E-state index in [0.717, 1.165) is 15.2 Å². The summed E-state index contributed by atoms with van der Waals surface area (Å²) in [6.45, 7) is 4.50. The fraction of sp³-hybridized carbons (Fsp3) is 1.00. The van der Waals surface area contributed by atoms with E-state index in [2.05, 4.69) is 13.8 Å². The SMILES string of the molecule is C[CH2][Al+][CH2]C.[O-]C(C1CCCC1)C1CCCC1. The zero-order valence-corrected chi connectivity index (χ0v) is 12.9. The second-order valence-electron chi connectivity index (χ2n) is 5.66. The van der Waals surface area contributed by atoms with Gasteiger partial charge in [-0.1, -0.05) is 63.2 Å². The van der Waals surface area contributed by atoms with Crippen molar-refractivity contribution in [1.29, 1.82) is 0 Å². The Bertz CT molecular complexity index is 154. The summed E-state index contributed by atoms with van der Waals surface area (Å²) in [7, 11) is 0. The summed E-state index contributed by atoms with van der Waals surface area (Å²) >= 11 is 0.815. The summed E-state index contributed by atoms with van der Waals surface area (Å²) in [5.74, 6) is 1.10. The molecule has 2 saturated carbocycles. The summed E-state index contributed by atoms with van der Waals surface area (Å²) in [6.07, 6.45) is 9.97. The molecule has 0 aromatic heterocycles. The molecule has 2 rings (SSSR count). The minimum Gasteiger partial charge on any atom is -0.852 e. The molecule has 0 saturated heterocycles. The first kappa shape index (κ1) is 15.5. The van der Waals surface area contributed by atoms with Crippen LogP contribution in [0.3, 0.4) is 0 Å². The van der Waals surface area contributed by atoms with Crippen LogP contribution in [0.1, 0.15) is 65.2 Å². The van der Waals surface area contributed by atoms with Gasteiger partial charge in [0.05, 0.1) is 0 Å². The topological polar surface area (TPSA) is 23.1 Å². The van der Waals surface area contributed by atoms with E-state index in [0.29, 0.717) is 11.8 Å². The van der Waals surface area contributed by atoms with Crippen LogP contribution in [0.5, 0.6) is 0 Å². The van der Waals surface area contributed by atoms with Gasteiger partial charge in [-0.15, -0.1) is 6.10 Å². The first-order valence-electron chi connectivity index (χ1n) is 7.77. The maximum Gasteiger partial charge on any atom is -0.0515 e. The molecule has 0 heterocycles. The average Bonchev–Trinajstić information content (AvgIpc) is 3.04. The molecule has 17 heavy (non-hydrogen) atoms. The molecular formula is C15H29AlO. The Balaban J connectivity index is 0.000000249. The first-order chi connectivity index (χ1) is 8.29. The van der Waals surface area contributed by atoms with Crippen molar-refractivity contribution in [3.63, 3.8) is 0 Å². The van der Waals surface area contributed by atoms with Crippen LogP contribution in [0.2, 0.25) is 10.6 Å². The Morgan fingerprint density at radius 3 is 1.47 bits per heavy atom. The molecule has 2 aliphatic carbocycles. The first-order valence-corrected chi connectivity index (χ1v) is 9.40. The van der Waals surface area contributed by atoms with Crippen molar-refractivity contribution >= 4 is 15.2 Å². The molecule has 0 radical (unpaired) electrons. The van der Waals surface area contributed by atoms with Gasteiger partial charge < -0.3 is 5.11 Å². The largest absolute Gasteiger partial charge is 0.852 e. The Kier molecular flexibility index (Phi) is 8.62. The second kappa shape index (κ2) is 9.43. The molecule has 0 bridgehead atoms. The molecule has 2 aliphatic rings. The fourth-order valence-corrected chi connectivity index (χ4v) is 3.82. The van der Waals surface area contributed by atoms with Crippen LogP contribution < -0.4 is 5.11 Å². The van der Waals surface area contributed by atoms with Gasteiger partial charge in [-0.3, -0.25) is 0 Å². The van der Waals surface area contributed by atoms with E-state index in [4.69, 9.17) is 0 Å². The predicted molar refractivity (Wildman–Crippen MR) is 74.4 cm³/mol. The molecule has 98 valence electrons. The number of hydrogen-bond donors (Lipinski definition) is 0. The number of hydrogen-bond acceptors (Lipinski definition) is 1. The van der Waals surface area contributed by atoms with Crippen molar-refractivity contribution in [2.24, 2.45) is 11.8 Å². The molecule has 0 aromatic carbocycles. The minimum absolute atomic E-state index is 0.199. The Morgan fingerprint density at radius 1 is 0.882 bits per heavy atom. The van der Waals surface area contributed by atoms with Crippen molar-refractivity contribution in [2.75, 3.05) is 0 Å². The van der Waals surface area contributed by atoms with Crippen LogP contribution in [0.25, 0.3) is 0 Å². The number of rotatable bonds is 4. The van der Waals surface area contributed by atoms with Gasteiger partial charge in [-0.05, 0) is 0 Å². The van der Waals surface area contributed by atoms with Gasteiger partial charge in [0.1, 0.15) is 0 Å². The average molecular weight is 252 g/mol. The normalized spacial score (nSPS) is 21.4. The van der Waals surface area contributed by atoms with Crippen molar-refractivity contribution in [2.45, 2.75) is 81.9 Å². The van der Waals surface area contributed by atoms with Crippen molar-refractivity contribution in [1.82, 2.24) is 0 Å². The molecular weight excluding hydrogens is 223 g/mol. The van der Waals surface area contributed by atoms with Crippen molar-refractivity contribution in [3.8, 4) is 0 Å². The fourth-order valence-electron chi connectivity index (χ4n) is 3.25. The molecule has 0 N–H and O–H groups in total. The molecule has 0 unspecified atom stereocenters. The molecule has 0 atom stereocenters. The molecule has 0 aliphatic heterocycles. The molecule has 1 nitrogen and oxygen atoms in total. The van der Waals surface area contributed by atoms with Gasteiger partial charge in [0.2, 0.25) is 0 Å². The standard InChI is InChI=1S/C11H19O.2C2H5.Al/c12-11(9-5-1-2-6-9)10-7-3-4-8-10;2*1-2;/h9-11H,1-8H2;2*1H2,2H3;/q-1;;;+1. The molecule has 2 heteroatoms. The summed E-state index contributed by atoms with van der Waals surface area (Å²) in [6, 6.07) is 0. The quantitative estimate of drug-likeness (QED) is 0.700. The summed E-state index contributed by atoms with van der Waals surface area (Å²) in [4.78, 5) is 0. The predicted octanol–water partition coefficient (Wildman–Crippen LogP) is 3.66. The van der Waals surface area contributed by atoms with Gasteiger partial charge in [0, 0.05) is 0 Å². The van der Waals surface area contributed by atoms with Gasteiger partial charge >= 0.3 is 39.6 Å². The van der Waals surface area contributed by atoms with E-state index in [-0.39, 0.29) is 6.10 Å². The summed E-state index contributed by atoms with van der Waals surface area (Å²) in [5, 5.41) is 14.8. The van der Waals surface area contributed by atoms with E-state index in [1.165, 1.54) is 61.9 Å². The minimum atomic E-state index is -0.199. The zero-order valence-electron chi connectivity index (χ0n) is 11.8. The molecule has 0 spiro atoms. The smallest absolute Gasteiger partial charge is 0.0515 e. The Morgan fingerprint density at radius 2 is 1.24 bits per heavy atom. The molecule has 0 aromatic rings. The third kappa shape index (κ3) is 5.77. The zero-order chi connectivity index (χ0) is 12.5. The molecule has 2 fully saturated rings. The summed E-state index contributed by atoms with van der Waals surface area (Å²) in [5.41, 5.74) is 0. The van der Waals surface area contributed by atoms with Gasteiger partial charge in [0.25, 0.3) is 0 Å². The van der Waals surface area contributed by atoms with Gasteiger partial charge in [-0.2, -0.15) is 0 Å². The third-order valence-electron chi connectivity index (χ3n) is 4.31. The van der Waals surface area contributed by atoms with Crippen LogP contribution in [-0.4, -0.2) is 21.3 Å². The Hall–Kier alpha value is 0.492. The van der Waals surface area contributed by atoms with Crippen LogP contribution in [0.15, 0.2) is 0 Å². The maximum atomic E-state index is 11.9. The van der Waals surface area contributed by atoms with E-state index in [1.807, 2.05) is 0 Å². The van der Waals surface area contributed by atoms with Crippen LogP contribution in [-0.2, 0) is 0 Å². The third-order valence-corrected chi connectivity index (χ3v) is 5.46. The Labute approximate surface area is 114 Å². The van der Waals surface area contributed by atoms with E-state index < -0.39 is 0 Å². The summed E-state index contributed by atoms with van der Waals surface area (Å²) < 4.78 is 0. The van der Waals surface area contributed by atoms with Crippen LogP contribution in [0, 0.1) is 11.8 Å². The second-order valence-corrected chi connectivity index (χ2v) is 7.87. The van der Waals surface area contributed by atoms with Crippen molar-refractivity contribution in [3.05, 3.63) is 0 Å². The van der Waals surface area contributed by atoms with E-state index in [1.54, 1.807) is 0 Å². The van der Waals surface area contributed by atoms with Crippen LogP contribution in [0.4, 0.5) is 0 Å².